The molecule has 0 unspecified atom stereocenters. The molecule has 0 radical (unpaired) electrons. The van der Waals surface area contributed by atoms with Gasteiger partial charge in [-0.15, -0.1) is 0 Å². The summed E-state index contributed by atoms with van der Waals surface area (Å²) in [6, 6.07) is 9.81. The molecule has 1 spiro atoms. The largest absolute Gasteiger partial charge is 0.348 e. The average Bonchev–Trinajstić information content (AvgIpc) is 3.52. The zero-order valence-electron chi connectivity index (χ0n) is 17.7. The Morgan fingerprint density at radius 2 is 1.85 bits per heavy atom. The third-order valence-corrected chi connectivity index (χ3v) is 6.83. The SMILES string of the molecule is N#CC1(c2ccc(NC(=O)c3cnn(-c4ccc(I)cn4)c3)cn2)CCC2(CC1)OCCO2. The van der Waals surface area contributed by atoms with Crippen molar-refractivity contribution in [2.75, 3.05) is 18.5 Å². The molecule has 168 valence electrons. The van der Waals surface area contributed by atoms with Gasteiger partial charge in [0.25, 0.3) is 5.91 Å². The molecule has 1 saturated carbocycles. The Kier molecular flexibility index (Phi) is 5.86. The lowest BCUT2D eigenvalue weighted by Gasteiger charge is -2.39. The highest BCUT2D eigenvalue weighted by molar-refractivity contribution is 14.1. The second-order valence-electron chi connectivity index (χ2n) is 8.20. The predicted octanol–water partition coefficient (Wildman–Crippen LogP) is 3.60. The Morgan fingerprint density at radius 1 is 1.06 bits per heavy atom. The summed E-state index contributed by atoms with van der Waals surface area (Å²) in [5.74, 6) is -0.205. The molecule has 1 N–H and O–H groups in total. The summed E-state index contributed by atoms with van der Waals surface area (Å²) in [6.07, 6.45) is 9.01. The summed E-state index contributed by atoms with van der Waals surface area (Å²) in [5, 5.41) is 17.0. The van der Waals surface area contributed by atoms with Gasteiger partial charge in [0.05, 0.1) is 54.0 Å². The highest BCUT2D eigenvalue weighted by Crippen LogP contribution is 2.45. The van der Waals surface area contributed by atoms with Crippen molar-refractivity contribution in [3.8, 4) is 11.9 Å². The van der Waals surface area contributed by atoms with E-state index in [-0.39, 0.29) is 5.91 Å². The number of carbonyl (C=O) groups is 1. The minimum Gasteiger partial charge on any atom is -0.348 e. The third-order valence-electron chi connectivity index (χ3n) is 6.20. The maximum absolute atomic E-state index is 12.7. The summed E-state index contributed by atoms with van der Waals surface area (Å²) in [4.78, 5) is 21.5. The van der Waals surface area contributed by atoms with E-state index in [1.165, 1.54) is 6.20 Å². The van der Waals surface area contributed by atoms with Crippen LogP contribution < -0.4 is 5.32 Å². The molecule has 1 amide bonds. The fourth-order valence-electron chi connectivity index (χ4n) is 4.29. The van der Waals surface area contributed by atoms with Crippen LogP contribution in [0.25, 0.3) is 5.82 Å². The molecule has 1 aliphatic carbocycles. The first-order valence-electron chi connectivity index (χ1n) is 10.6. The molecule has 0 aromatic carbocycles. The highest BCUT2D eigenvalue weighted by Gasteiger charge is 2.48. The Bertz CT molecular complexity index is 1190. The normalized spacial score (nSPS) is 18.7. The molecule has 2 fully saturated rings. The van der Waals surface area contributed by atoms with E-state index in [0.717, 1.165) is 3.57 Å². The van der Waals surface area contributed by atoms with Crippen LogP contribution in [0.2, 0.25) is 0 Å². The van der Waals surface area contributed by atoms with Crippen molar-refractivity contribution in [2.24, 2.45) is 0 Å². The Hall–Kier alpha value is -2.88. The van der Waals surface area contributed by atoms with Crippen LogP contribution in [-0.2, 0) is 14.9 Å². The van der Waals surface area contributed by atoms with Crippen LogP contribution in [0.5, 0.6) is 0 Å². The molecule has 2 aliphatic rings. The van der Waals surface area contributed by atoms with Gasteiger partial charge in [-0.05, 0) is 59.7 Å². The predicted molar refractivity (Wildman–Crippen MR) is 127 cm³/mol. The molecule has 0 bridgehead atoms. The van der Waals surface area contributed by atoms with Crippen molar-refractivity contribution >= 4 is 34.2 Å². The summed E-state index contributed by atoms with van der Waals surface area (Å²) < 4.78 is 14.1. The number of nitrogens with zero attached hydrogens (tertiary/aromatic N) is 5. The Labute approximate surface area is 204 Å². The molecule has 1 saturated heterocycles. The van der Waals surface area contributed by atoms with Gasteiger partial charge in [0, 0.05) is 28.8 Å². The van der Waals surface area contributed by atoms with Gasteiger partial charge >= 0.3 is 0 Å². The van der Waals surface area contributed by atoms with Crippen molar-refractivity contribution in [3.05, 3.63) is 63.9 Å². The number of halogens is 1. The van der Waals surface area contributed by atoms with Crippen molar-refractivity contribution < 1.29 is 14.3 Å². The second-order valence-corrected chi connectivity index (χ2v) is 9.44. The number of hydrogen-bond acceptors (Lipinski definition) is 7. The van der Waals surface area contributed by atoms with Gasteiger partial charge in [-0.3, -0.25) is 9.78 Å². The Morgan fingerprint density at radius 3 is 2.48 bits per heavy atom. The number of aromatic nitrogens is 4. The van der Waals surface area contributed by atoms with Gasteiger partial charge in [-0.2, -0.15) is 10.4 Å². The summed E-state index contributed by atoms with van der Waals surface area (Å²) in [7, 11) is 0. The van der Waals surface area contributed by atoms with Crippen LogP contribution >= 0.6 is 22.6 Å². The quantitative estimate of drug-likeness (QED) is 0.489. The van der Waals surface area contributed by atoms with Crippen LogP contribution in [0.3, 0.4) is 0 Å². The van der Waals surface area contributed by atoms with Gasteiger partial charge in [-0.1, -0.05) is 0 Å². The van der Waals surface area contributed by atoms with E-state index < -0.39 is 11.2 Å². The topological polar surface area (TPSA) is 115 Å². The molecule has 3 aromatic rings. The van der Waals surface area contributed by atoms with Gasteiger partial charge in [0.1, 0.15) is 0 Å². The van der Waals surface area contributed by atoms with E-state index in [4.69, 9.17) is 9.47 Å². The number of carbonyl (C=O) groups excluding carboxylic acids is 1. The lowest BCUT2D eigenvalue weighted by Crippen LogP contribution is -2.41. The van der Waals surface area contributed by atoms with Crippen LogP contribution in [0, 0.1) is 14.9 Å². The molecule has 9 nitrogen and oxygen atoms in total. The third kappa shape index (κ3) is 4.36. The first-order chi connectivity index (χ1) is 16.0. The van der Waals surface area contributed by atoms with Crippen molar-refractivity contribution in [3.63, 3.8) is 0 Å². The smallest absolute Gasteiger partial charge is 0.258 e. The molecule has 3 aromatic heterocycles. The number of hydrogen-bond donors (Lipinski definition) is 1. The molecule has 4 heterocycles. The first kappa shape index (κ1) is 21.9. The van der Waals surface area contributed by atoms with Crippen molar-refractivity contribution in [1.82, 2.24) is 19.7 Å². The van der Waals surface area contributed by atoms with Crippen LogP contribution in [0.4, 0.5) is 5.69 Å². The minimum absolute atomic E-state index is 0.300. The highest BCUT2D eigenvalue weighted by atomic mass is 127. The standard InChI is InChI=1S/C23H21IN6O3/c24-17-1-4-20(27-12-17)30-14-16(11-28-30)21(31)29-18-2-3-19(26-13-18)22(15-25)5-7-23(8-6-22)32-9-10-33-23/h1-4,11-14H,5-10H2,(H,29,31). The minimum atomic E-state index is -0.676. The van der Waals surface area contributed by atoms with Crippen LogP contribution in [0.1, 0.15) is 41.7 Å². The van der Waals surface area contributed by atoms with Gasteiger partial charge in [-0.25, -0.2) is 9.67 Å². The van der Waals surface area contributed by atoms with E-state index in [0.29, 0.717) is 61.7 Å². The lowest BCUT2D eigenvalue weighted by molar-refractivity contribution is -0.182. The maximum atomic E-state index is 12.7. The zero-order valence-corrected chi connectivity index (χ0v) is 19.9. The molecule has 5 rings (SSSR count). The Balaban J connectivity index is 1.26. The van der Waals surface area contributed by atoms with Crippen molar-refractivity contribution in [2.45, 2.75) is 36.9 Å². The molecule has 33 heavy (non-hydrogen) atoms. The average molecular weight is 556 g/mol. The number of rotatable bonds is 4. The van der Waals surface area contributed by atoms with Gasteiger partial charge < -0.3 is 14.8 Å². The monoisotopic (exact) mass is 556 g/mol. The van der Waals surface area contributed by atoms with E-state index in [1.807, 2.05) is 18.2 Å². The number of amides is 1. The number of ether oxygens (including phenoxy) is 2. The molecule has 10 heteroatoms. The number of nitrogens with one attached hydrogen (secondary N) is 1. The van der Waals surface area contributed by atoms with Gasteiger partial charge in [0.15, 0.2) is 11.6 Å². The maximum Gasteiger partial charge on any atom is 0.258 e. The fraction of sp³-hybridized carbons (Fsp3) is 0.348. The fourth-order valence-corrected chi connectivity index (χ4v) is 4.61. The number of pyridine rings is 2. The summed E-state index contributed by atoms with van der Waals surface area (Å²) in [6.45, 7) is 1.21. The first-order valence-corrected chi connectivity index (χ1v) is 11.7. The van der Waals surface area contributed by atoms with E-state index in [1.54, 1.807) is 29.3 Å². The summed E-state index contributed by atoms with van der Waals surface area (Å²) in [5.41, 5.74) is 0.979. The van der Waals surface area contributed by atoms with E-state index >= 15 is 0 Å². The number of nitriles is 1. The number of anilines is 1. The molecular formula is C23H21IN6O3. The van der Waals surface area contributed by atoms with E-state index in [2.05, 4.69) is 49.0 Å². The van der Waals surface area contributed by atoms with E-state index in [9.17, 15) is 10.1 Å². The van der Waals surface area contributed by atoms with Crippen LogP contribution in [0.15, 0.2) is 49.1 Å². The molecule has 1 aliphatic heterocycles. The summed E-state index contributed by atoms with van der Waals surface area (Å²) >= 11 is 2.18. The lowest BCUT2D eigenvalue weighted by atomic mass is 9.70. The van der Waals surface area contributed by atoms with Crippen LogP contribution in [-0.4, -0.2) is 44.7 Å². The van der Waals surface area contributed by atoms with Gasteiger partial charge in [0.2, 0.25) is 0 Å². The zero-order chi connectivity index (χ0) is 22.9. The second kappa shape index (κ2) is 8.81. The van der Waals surface area contributed by atoms with Crippen molar-refractivity contribution in [1.29, 1.82) is 5.26 Å². The molecule has 0 atom stereocenters. The molecular weight excluding hydrogens is 535 g/mol.